The summed E-state index contributed by atoms with van der Waals surface area (Å²) in [5.41, 5.74) is -1.42. The predicted molar refractivity (Wildman–Crippen MR) is 72.2 cm³/mol. The van der Waals surface area contributed by atoms with Gasteiger partial charge in [0.05, 0.1) is 22.3 Å². The van der Waals surface area contributed by atoms with Crippen molar-refractivity contribution < 1.29 is 19.7 Å². The molecule has 21 heavy (non-hydrogen) atoms. The lowest BCUT2D eigenvalue weighted by atomic mass is 9.74. The van der Waals surface area contributed by atoms with Crippen molar-refractivity contribution in [2.45, 2.75) is 31.2 Å². The SMILES string of the molecule is O=C(O)CC1(Nc2ccc([N+](=O)[O-])cc2[N+](=O)[O-])CCC1. The first-order chi connectivity index (χ1) is 9.83. The molecule has 1 aromatic rings. The van der Waals surface area contributed by atoms with Gasteiger partial charge in [0.15, 0.2) is 0 Å². The fourth-order valence-corrected chi connectivity index (χ4v) is 2.42. The molecule has 1 aliphatic rings. The minimum atomic E-state index is -0.994. The van der Waals surface area contributed by atoms with E-state index in [0.29, 0.717) is 12.8 Å². The van der Waals surface area contributed by atoms with E-state index in [1.807, 2.05) is 0 Å². The van der Waals surface area contributed by atoms with E-state index in [2.05, 4.69) is 5.32 Å². The molecule has 0 amide bonds. The summed E-state index contributed by atoms with van der Waals surface area (Å²) in [7, 11) is 0. The molecule has 1 aromatic carbocycles. The zero-order valence-corrected chi connectivity index (χ0v) is 10.9. The maximum atomic E-state index is 11.0. The van der Waals surface area contributed by atoms with Gasteiger partial charge in [-0.1, -0.05) is 0 Å². The molecule has 0 radical (unpaired) electrons. The van der Waals surface area contributed by atoms with Gasteiger partial charge in [0.1, 0.15) is 5.69 Å². The standard InChI is InChI=1S/C12H13N3O6/c16-11(17)7-12(4-1-5-12)13-9-3-2-8(14(18)19)6-10(9)15(20)21/h2-3,6,13H,1,4-5,7H2,(H,16,17). The van der Waals surface area contributed by atoms with E-state index in [1.165, 1.54) is 6.07 Å². The molecule has 1 fully saturated rings. The molecule has 0 heterocycles. The molecule has 9 heteroatoms. The lowest BCUT2D eigenvalue weighted by Gasteiger charge is -2.42. The Hall–Kier alpha value is -2.71. The normalized spacial score (nSPS) is 15.8. The Morgan fingerprint density at radius 2 is 1.95 bits per heavy atom. The Morgan fingerprint density at radius 3 is 2.38 bits per heavy atom. The van der Waals surface area contributed by atoms with E-state index < -0.39 is 27.0 Å². The highest BCUT2D eigenvalue weighted by Crippen LogP contribution is 2.41. The predicted octanol–water partition coefficient (Wildman–Crippen LogP) is 2.31. The Kier molecular flexibility index (Phi) is 3.74. The highest BCUT2D eigenvalue weighted by atomic mass is 16.6. The number of nitro groups is 2. The van der Waals surface area contributed by atoms with Crippen LogP contribution >= 0.6 is 0 Å². The summed E-state index contributed by atoms with van der Waals surface area (Å²) in [5.74, 6) is -0.994. The number of hydrogen-bond donors (Lipinski definition) is 2. The van der Waals surface area contributed by atoms with Gasteiger partial charge in [-0.05, 0) is 25.3 Å². The summed E-state index contributed by atoms with van der Waals surface area (Å²) >= 11 is 0. The number of rotatable bonds is 6. The number of nitro benzene ring substituents is 2. The topological polar surface area (TPSA) is 136 Å². The maximum Gasteiger partial charge on any atom is 0.305 e. The van der Waals surface area contributed by atoms with Gasteiger partial charge >= 0.3 is 5.97 Å². The average Bonchev–Trinajstić information content (AvgIpc) is 2.35. The molecule has 0 aliphatic heterocycles. The third-order valence-electron chi connectivity index (χ3n) is 3.59. The quantitative estimate of drug-likeness (QED) is 0.607. The number of carbonyl (C=O) groups is 1. The monoisotopic (exact) mass is 295 g/mol. The van der Waals surface area contributed by atoms with Crippen molar-refractivity contribution in [1.29, 1.82) is 0 Å². The first kappa shape index (κ1) is 14.7. The minimum absolute atomic E-state index is 0.103. The Balaban J connectivity index is 2.32. The van der Waals surface area contributed by atoms with Crippen LogP contribution in [-0.4, -0.2) is 26.5 Å². The van der Waals surface area contributed by atoms with Crippen LogP contribution in [0.5, 0.6) is 0 Å². The van der Waals surface area contributed by atoms with Crippen LogP contribution < -0.4 is 5.32 Å². The highest BCUT2D eigenvalue weighted by Gasteiger charge is 2.40. The molecule has 9 nitrogen and oxygen atoms in total. The molecule has 1 aliphatic carbocycles. The van der Waals surface area contributed by atoms with E-state index in [9.17, 15) is 25.0 Å². The van der Waals surface area contributed by atoms with Crippen molar-refractivity contribution in [3.63, 3.8) is 0 Å². The van der Waals surface area contributed by atoms with Gasteiger partial charge in [0, 0.05) is 11.6 Å². The van der Waals surface area contributed by atoms with Gasteiger partial charge in [-0.15, -0.1) is 0 Å². The van der Waals surface area contributed by atoms with Crippen molar-refractivity contribution in [2.75, 3.05) is 5.32 Å². The Morgan fingerprint density at radius 1 is 1.29 bits per heavy atom. The van der Waals surface area contributed by atoms with Crippen LogP contribution in [0.2, 0.25) is 0 Å². The molecular weight excluding hydrogens is 282 g/mol. The number of nitrogens with zero attached hydrogens (tertiary/aromatic N) is 2. The van der Waals surface area contributed by atoms with Crippen molar-refractivity contribution in [3.05, 3.63) is 38.4 Å². The van der Waals surface area contributed by atoms with Gasteiger partial charge < -0.3 is 10.4 Å². The molecule has 0 atom stereocenters. The van der Waals surface area contributed by atoms with E-state index in [-0.39, 0.29) is 17.8 Å². The minimum Gasteiger partial charge on any atom is -0.481 e. The number of anilines is 1. The molecule has 0 spiro atoms. The number of hydrogen-bond acceptors (Lipinski definition) is 6. The fraction of sp³-hybridized carbons (Fsp3) is 0.417. The molecule has 112 valence electrons. The number of non-ortho nitro benzene ring substituents is 1. The second-order valence-corrected chi connectivity index (χ2v) is 5.05. The van der Waals surface area contributed by atoms with Gasteiger partial charge in [0.2, 0.25) is 0 Å². The molecule has 0 saturated heterocycles. The van der Waals surface area contributed by atoms with Crippen LogP contribution in [0.1, 0.15) is 25.7 Å². The van der Waals surface area contributed by atoms with Crippen LogP contribution in [0.15, 0.2) is 18.2 Å². The van der Waals surface area contributed by atoms with Crippen molar-refractivity contribution >= 4 is 23.0 Å². The summed E-state index contributed by atoms with van der Waals surface area (Å²) in [6.45, 7) is 0. The van der Waals surface area contributed by atoms with Crippen molar-refractivity contribution in [3.8, 4) is 0 Å². The average molecular weight is 295 g/mol. The molecule has 0 aromatic heterocycles. The second kappa shape index (κ2) is 5.35. The summed E-state index contributed by atoms with van der Waals surface area (Å²) in [6, 6.07) is 3.27. The number of carboxylic acid groups (broad SMARTS) is 1. The van der Waals surface area contributed by atoms with Crippen LogP contribution in [0, 0.1) is 20.2 Å². The maximum absolute atomic E-state index is 11.0. The molecule has 2 rings (SSSR count). The summed E-state index contributed by atoms with van der Waals surface area (Å²) in [5, 5.41) is 33.5. The third-order valence-corrected chi connectivity index (χ3v) is 3.59. The van der Waals surface area contributed by atoms with Crippen LogP contribution in [-0.2, 0) is 4.79 Å². The molecular formula is C12H13N3O6. The summed E-state index contributed by atoms with van der Waals surface area (Å²) < 4.78 is 0. The largest absolute Gasteiger partial charge is 0.481 e. The van der Waals surface area contributed by atoms with E-state index in [4.69, 9.17) is 5.11 Å². The Bertz CT molecular complexity index is 611. The first-order valence-electron chi connectivity index (χ1n) is 6.26. The number of carboxylic acids is 1. The number of aliphatic carboxylic acids is 1. The van der Waals surface area contributed by atoms with E-state index in [0.717, 1.165) is 18.6 Å². The van der Waals surface area contributed by atoms with Gasteiger partial charge in [0.25, 0.3) is 11.4 Å². The first-order valence-corrected chi connectivity index (χ1v) is 6.26. The lowest BCUT2D eigenvalue weighted by Crippen LogP contribution is -2.46. The fourth-order valence-electron chi connectivity index (χ4n) is 2.42. The van der Waals surface area contributed by atoms with E-state index >= 15 is 0 Å². The number of benzene rings is 1. The third kappa shape index (κ3) is 3.07. The summed E-state index contributed by atoms with van der Waals surface area (Å²) in [4.78, 5) is 31.2. The molecule has 2 N–H and O–H groups in total. The van der Waals surface area contributed by atoms with Crippen LogP contribution in [0.25, 0.3) is 0 Å². The van der Waals surface area contributed by atoms with Crippen LogP contribution in [0.4, 0.5) is 17.1 Å². The highest BCUT2D eigenvalue weighted by molar-refractivity contribution is 5.72. The second-order valence-electron chi connectivity index (χ2n) is 5.05. The van der Waals surface area contributed by atoms with Crippen molar-refractivity contribution in [2.24, 2.45) is 0 Å². The smallest absolute Gasteiger partial charge is 0.305 e. The zero-order valence-electron chi connectivity index (χ0n) is 10.9. The zero-order chi connectivity index (χ0) is 15.6. The van der Waals surface area contributed by atoms with Crippen LogP contribution in [0.3, 0.4) is 0 Å². The molecule has 0 bridgehead atoms. The van der Waals surface area contributed by atoms with Gasteiger partial charge in [-0.2, -0.15) is 0 Å². The molecule has 0 unspecified atom stereocenters. The number of nitrogens with one attached hydrogen (secondary N) is 1. The van der Waals surface area contributed by atoms with Gasteiger partial charge in [-0.25, -0.2) is 0 Å². The lowest BCUT2D eigenvalue weighted by molar-refractivity contribution is -0.393. The Labute approximate surface area is 118 Å². The van der Waals surface area contributed by atoms with E-state index in [1.54, 1.807) is 0 Å². The van der Waals surface area contributed by atoms with Crippen molar-refractivity contribution in [1.82, 2.24) is 0 Å². The summed E-state index contributed by atoms with van der Waals surface area (Å²) in [6.07, 6.45) is 1.86. The molecule has 1 saturated carbocycles. The van der Waals surface area contributed by atoms with Gasteiger partial charge in [-0.3, -0.25) is 25.0 Å².